The number of nitro benzene ring substituents is 1. The van der Waals surface area contributed by atoms with Crippen LogP contribution in [-0.2, 0) is 4.79 Å². The first-order valence-corrected chi connectivity index (χ1v) is 12.3. The van der Waals surface area contributed by atoms with Crippen LogP contribution < -0.4 is 14.9 Å². The maximum absolute atomic E-state index is 12.6. The zero-order chi connectivity index (χ0) is 27.1. The fourth-order valence-electron chi connectivity index (χ4n) is 3.47. The van der Waals surface area contributed by atoms with Gasteiger partial charge in [-0.05, 0) is 55.5 Å². The summed E-state index contributed by atoms with van der Waals surface area (Å²) in [5, 5.41) is 24.3. The Morgan fingerprint density at radius 1 is 1.03 bits per heavy atom. The fourth-order valence-corrected chi connectivity index (χ4v) is 4.22. The molecule has 1 heterocycles. The van der Waals surface area contributed by atoms with Gasteiger partial charge in [0, 0.05) is 28.9 Å². The lowest BCUT2D eigenvalue weighted by molar-refractivity contribution is -0.384. The molecule has 0 aliphatic carbocycles. The molecule has 0 fully saturated rings. The summed E-state index contributed by atoms with van der Waals surface area (Å²) in [5.41, 5.74) is 5.04. The van der Waals surface area contributed by atoms with E-state index in [9.17, 15) is 14.9 Å². The van der Waals surface area contributed by atoms with Crippen LogP contribution in [0.3, 0.4) is 0 Å². The second-order valence-corrected chi connectivity index (χ2v) is 8.84. The molecule has 1 N–H and O–H groups in total. The average Bonchev–Trinajstić information content (AvgIpc) is 3.38. The van der Waals surface area contributed by atoms with Crippen LogP contribution in [0.25, 0.3) is 17.1 Å². The highest BCUT2D eigenvalue weighted by molar-refractivity contribution is 7.99. The largest absolute Gasteiger partial charge is 0.497 e. The molecule has 0 saturated carbocycles. The Morgan fingerprint density at radius 2 is 1.68 bits per heavy atom. The van der Waals surface area contributed by atoms with Gasteiger partial charge in [0.05, 0.1) is 30.6 Å². The number of hydrazone groups is 1. The first-order valence-electron chi connectivity index (χ1n) is 11.3. The number of aromatic nitrogens is 3. The number of rotatable bonds is 10. The number of ether oxygens (including phenoxy) is 2. The number of hydrogen-bond acceptors (Lipinski definition) is 9. The van der Waals surface area contributed by atoms with E-state index >= 15 is 0 Å². The molecule has 0 atom stereocenters. The van der Waals surface area contributed by atoms with Crippen LogP contribution in [0.1, 0.15) is 12.5 Å². The molecule has 1 amide bonds. The number of methoxy groups -OCH3 is 2. The van der Waals surface area contributed by atoms with Gasteiger partial charge in [-0.25, -0.2) is 5.43 Å². The first kappa shape index (κ1) is 26.4. The van der Waals surface area contributed by atoms with Crippen molar-refractivity contribution in [1.29, 1.82) is 0 Å². The topological polar surface area (TPSA) is 134 Å². The fraction of sp³-hybridized carbons (Fsp3) is 0.154. The van der Waals surface area contributed by atoms with Gasteiger partial charge in [-0.1, -0.05) is 23.9 Å². The van der Waals surface area contributed by atoms with E-state index < -0.39 is 4.92 Å². The molecule has 0 saturated heterocycles. The lowest BCUT2D eigenvalue weighted by atomic mass is 10.1. The number of thioether (sulfide) groups is 1. The van der Waals surface area contributed by atoms with Crippen molar-refractivity contribution in [2.45, 2.75) is 12.1 Å². The first-order chi connectivity index (χ1) is 18.4. The number of benzene rings is 3. The highest BCUT2D eigenvalue weighted by atomic mass is 32.2. The number of carbonyl (C=O) groups excluding carboxylic acids is 1. The van der Waals surface area contributed by atoms with Crippen LogP contribution in [0.4, 0.5) is 5.69 Å². The van der Waals surface area contributed by atoms with Gasteiger partial charge in [-0.2, -0.15) is 5.10 Å². The molecule has 38 heavy (non-hydrogen) atoms. The molecule has 11 nitrogen and oxygen atoms in total. The maximum atomic E-state index is 12.6. The quantitative estimate of drug-likeness (QED) is 0.137. The third-order valence-corrected chi connectivity index (χ3v) is 6.40. The van der Waals surface area contributed by atoms with E-state index in [0.29, 0.717) is 28.0 Å². The van der Waals surface area contributed by atoms with Crippen LogP contribution in [0, 0.1) is 10.1 Å². The maximum Gasteiger partial charge on any atom is 0.270 e. The lowest BCUT2D eigenvalue weighted by Crippen LogP contribution is -2.21. The Hall–Kier alpha value is -4.71. The van der Waals surface area contributed by atoms with Crippen LogP contribution >= 0.6 is 11.8 Å². The van der Waals surface area contributed by atoms with Crippen LogP contribution in [0.15, 0.2) is 83.1 Å². The minimum atomic E-state index is -0.481. The van der Waals surface area contributed by atoms with Crippen molar-refractivity contribution in [2.75, 3.05) is 20.0 Å². The minimum Gasteiger partial charge on any atom is -0.497 e. The monoisotopic (exact) mass is 532 g/mol. The smallest absolute Gasteiger partial charge is 0.270 e. The van der Waals surface area contributed by atoms with Gasteiger partial charge in [-0.15, -0.1) is 10.2 Å². The van der Waals surface area contributed by atoms with E-state index in [1.807, 2.05) is 53.1 Å². The molecule has 0 aliphatic rings. The van der Waals surface area contributed by atoms with Crippen molar-refractivity contribution in [3.05, 3.63) is 88.5 Å². The Balaban J connectivity index is 1.53. The minimum absolute atomic E-state index is 0.0165. The SMILES string of the molecule is COc1ccc(-c2nnc(SCC(=O)NN=C(C)c3cccc([N+](=O)[O-])c3)n2-c2ccc(OC)cc2)cc1. The van der Waals surface area contributed by atoms with Crippen molar-refractivity contribution >= 4 is 29.1 Å². The van der Waals surface area contributed by atoms with Gasteiger partial charge in [-0.3, -0.25) is 19.5 Å². The summed E-state index contributed by atoms with van der Waals surface area (Å²) in [6.07, 6.45) is 0. The summed E-state index contributed by atoms with van der Waals surface area (Å²) in [5.74, 6) is 1.67. The number of non-ortho nitro benzene ring substituents is 1. The molecule has 0 aliphatic heterocycles. The number of nitro groups is 1. The van der Waals surface area contributed by atoms with Crippen molar-refractivity contribution in [1.82, 2.24) is 20.2 Å². The summed E-state index contributed by atoms with van der Waals surface area (Å²) in [4.78, 5) is 23.1. The molecule has 12 heteroatoms. The average molecular weight is 533 g/mol. The van der Waals surface area contributed by atoms with Crippen molar-refractivity contribution < 1.29 is 19.2 Å². The third-order valence-electron chi connectivity index (χ3n) is 5.47. The Labute approximate surface area is 222 Å². The van der Waals surface area contributed by atoms with Gasteiger partial charge < -0.3 is 9.47 Å². The third kappa shape index (κ3) is 6.16. The van der Waals surface area contributed by atoms with E-state index in [0.717, 1.165) is 17.0 Å². The lowest BCUT2D eigenvalue weighted by Gasteiger charge is -2.11. The van der Waals surface area contributed by atoms with Crippen LogP contribution in [0.2, 0.25) is 0 Å². The summed E-state index contributed by atoms with van der Waals surface area (Å²) < 4.78 is 12.4. The highest BCUT2D eigenvalue weighted by Crippen LogP contribution is 2.29. The summed E-state index contributed by atoms with van der Waals surface area (Å²) in [6.45, 7) is 1.66. The predicted molar refractivity (Wildman–Crippen MR) is 144 cm³/mol. The molecule has 0 unspecified atom stereocenters. The van der Waals surface area contributed by atoms with Crippen LogP contribution in [-0.4, -0.2) is 51.3 Å². The molecule has 194 valence electrons. The van der Waals surface area contributed by atoms with E-state index in [4.69, 9.17) is 9.47 Å². The van der Waals surface area contributed by atoms with Crippen LogP contribution in [0.5, 0.6) is 11.5 Å². The standard InChI is InChI=1S/C26H24N6O5S/c1-17(19-5-4-6-21(15-19)32(34)35)27-28-24(33)16-38-26-30-29-25(18-7-11-22(36-2)12-8-18)31(26)20-9-13-23(37-3)14-10-20/h4-15H,16H2,1-3H3,(H,28,33). The normalized spacial score (nSPS) is 11.2. The molecule has 0 radical (unpaired) electrons. The zero-order valence-corrected chi connectivity index (χ0v) is 21.6. The second-order valence-electron chi connectivity index (χ2n) is 7.90. The molecule has 0 bridgehead atoms. The number of amides is 1. The van der Waals surface area contributed by atoms with Gasteiger partial charge in [0.1, 0.15) is 11.5 Å². The van der Waals surface area contributed by atoms with Crippen molar-refractivity contribution in [3.8, 4) is 28.6 Å². The molecule has 0 spiro atoms. The number of hydrogen-bond donors (Lipinski definition) is 1. The van der Waals surface area contributed by atoms with E-state index in [2.05, 4.69) is 20.7 Å². The second kappa shape index (κ2) is 12.0. The van der Waals surface area contributed by atoms with Crippen molar-refractivity contribution in [2.24, 2.45) is 5.10 Å². The van der Waals surface area contributed by atoms with Gasteiger partial charge in [0.25, 0.3) is 11.6 Å². The van der Waals surface area contributed by atoms with Gasteiger partial charge >= 0.3 is 0 Å². The molecule has 4 rings (SSSR count). The number of nitrogens with zero attached hydrogens (tertiary/aromatic N) is 5. The number of nitrogens with one attached hydrogen (secondary N) is 1. The van der Waals surface area contributed by atoms with E-state index in [1.165, 1.54) is 23.9 Å². The van der Waals surface area contributed by atoms with E-state index in [-0.39, 0.29) is 17.3 Å². The molecule has 4 aromatic rings. The molecular formula is C26H24N6O5S. The summed E-state index contributed by atoms with van der Waals surface area (Å²) in [6, 6.07) is 20.9. The van der Waals surface area contributed by atoms with E-state index in [1.54, 1.807) is 33.3 Å². The Kier molecular flexibility index (Phi) is 8.34. The van der Waals surface area contributed by atoms with Gasteiger partial charge in [0.15, 0.2) is 11.0 Å². The number of carbonyl (C=O) groups is 1. The molecule has 1 aromatic heterocycles. The van der Waals surface area contributed by atoms with Crippen molar-refractivity contribution in [3.63, 3.8) is 0 Å². The Bertz CT molecular complexity index is 1470. The summed E-state index contributed by atoms with van der Waals surface area (Å²) >= 11 is 1.20. The van der Waals surface area contributed by atoms with Gasteiger partial charge in [0.2, 0.25) is 0 Å². The Morgan fingerprint density at radius 3 is 2.32 bits per heavy atom. The highest BCUT2D eigenvalue weighted by Gasteiger charge is 2.18. The molecular weight excluding hydrogens is 508 g/mol. The zero-order valence-electron chi connectivity index (χ0n) is 20.8. The molecule has 3 aromatic carbocycles. The predicted octanol–water partition coefficient (Wildman–Crippen LogP) is 4.49. The summed E-state index contributed by atoms with van der Waals surface area (Å²) in [7, 11) is 3.20.